The average molecular weight is 292 g/mol. The average Bonchev–Trinajstić information content (AvgIpc) is 2.60. The van der Waals surface area contributed by atoms with Crippen LogP contribution < -0.4 is 5.32 Å². The molecule has 2 aromatic rings. The molecule has 5 heteroatoms. The van der Waals surface area contributed by atoms with Crippen molar-refractivity contribution in [2.75, 3.05) is 5.32 Å². The zero-order valence-electron chi connectivity index (χ0n) is 8.45. The van der Waals surface area contributed by atoms with Crippen molar-refractivity contribution in [3.8, 4) is 0 Å². The van der Waals surface area contributed by atoms with Gasteiger partial charge >= 0.3 is 5.97 Å². The van der Waals surface area contributed by atoms with Gasteiger partial charge in [-0.05, 0) is 24.3 Å². The van der Waals surface area contributed by atoms with Crippen LogP contribution in [0.1, 0.15) is 20.7 Å². The molecule has 84 valence electrons. The van der Waals surface area contributed by atoms with E-state index < -0.39 is 5.97 Å². The first kappa shape index (κ1) is 10.3. The number of benzene rings is 2. The predicted molar refractivity (Wildman–Crippen MR) is 66.6 cm³/mol. The van der Waals surface area contributed by atoms with Gasteiger partial charge in [-0.3, -0.25) is 4.79 Å². The molecule has 0 aromatic heterocycles. The van der Waals surface area contributed by atoms with Crippen LogP contribution in [0.5, 0.6) is 0 Å². The van der Waals surface area contributed by atoms with E-state index in [-0.39, 0.29) is 11.5 Å². The minimum Gasteiger partial charge on any atom is -0.478 e. The molecule has 1 amide bonds. The standard InChI is InChI=1S/C12H6BrNO3/c13-7-3-1-5-10-8(14-11(5)15)4-2-6(9(7)10)12(16)17/h1-4H,(H,14,15)(H,16,17). The van der Waals surface area contributed by atoms with Gasteiger partial charge in [-0.1, -0.05) is 15.9 Å². The summed E-state index contributed by atoms with van der Waals surface area (Å²) in [6.45, 7) is 0. The van der Waals surface area contributed by atoms with E-state index in [0.29, 0.717) is 26.5 Å². The Hall–Kier alpha value is -1.88. The summed E-state index contributed by atoms with van der Waals surface area (Å²) < 4.78 is 0.673. The minimum absolute atomic E-state index is 0.189. The molecule has 0 aliphatic carbocycles. The third-order valence-electron chi connectivity index (χ3n) is 2.83. The van der Waals surface area contributed by atoms with E-state index in [0.717, 1.165) is 0 Å². The van der Waals surface area contributed by atoms with Crippen LogP contribution in [-0.2, 0) is 0 Å². The Labute approximate surface area is 104 Å². The summed E-state index contributed by atoms with van der Waals surface area (Å²) >= 11 is 3.33. The number of carboxylic acids is 1. The predicted octanol–water partition coefficient (Wildman–Crippen LogP) is 2.87. The second kappa shape index (κ2) is 3.30. The third kappa shape index (κ3) is 1.29. The number of carbonyl (C=O) groups excluding carboxylic acids is 1. The number of hydrogen-bond acceptors (Lipinski definition) is 2. The first-order valence-corrected chi connectivity index (χ1v) is 5.69. The van der Waals surface area contributed by atoms with Crippen LogP contribution in [0, 0.1) is 0 Å². The molecule has 0 saturated carbocycles. The first-order valence-electron chi connectivity index (χ1n) is 4.89. The van der Waals surface area contributed by atoms with Gasteiger partial charge < -0.3 is 10.4 Å². The molecule has 17 heavy (non-hydrogen) atoms. The molecule has 4 nitrogen and oxygen atoms in total. The number of carbonyl (C=O) groups is 2. The lowest BCUT2D eigenvalue weighted by Gasteiger charge is -2.06. The van der Waals surface area contributed by atoms with Gasteiger partial charge in [0.25, 0.3) is 5.91 Å². The fraction of sp³-hybridized carbons (Fsp3) is 0. The van der Waals surface area contributed by atoms with Crippen molar-refractivity contribution in [2.45, 2.75) is 0 Å². The van der Waals surface area contributed by atoms with Crippen LogP contribution in [0.2, 0.25) is 0 Å². The van der Waals surface area contributed by atoms with Crippen LogP contribution in [0.25, 0.3) is 10.8 Å². The van der Waals surface area contributed by atoms with Gasteiger partial charge in [0.15, 0.2) is 0 Å². The second-order valence-electron chi connectivity index (χ2n) is 3.76. The Morgan fingerprint density at radius 2 is 1.94 bits per heavy atom. The summed E-state index contributed by atoms with van der Waals surface area (Å²) in [7, 11) is 0. The van der Waals surface area contributed by atoms with Crippen LogP contribution in [-0.4, -0.2) is 17.0 Å². The smallest absolute Gasteiger partial charge is 0.336 e. The van der Waals surface area contributed by atoms with E-state index in [2.05, 4.69) is 21.2 Å². The van der Waals surface area contributed by atoms with Crippen LogP contribution in [0.15, 0.2) is 28.7 Å². The summed E-state index contributed by atoms with van der Waals surface area (Å²) in [5, 5.41) is 13.1. The lowest BCUT2D eigenvalue weighted by atomic mass is 10.0. The second-order valence-corrected chi connectivity index (χ2v) is 4.62. The molecule has 0 unspecified atom stereocenters. The normalized spacial score (nSPS) is 12.9. The Morgan fingerprint density at radius 1 is 1.18 bits per heavy atom. The fourth-order valence-corrected chi connectivity index (χ4v) is 2.66. The highest BCUT2D eigenvalue weighted by Gasteiger charge is 2.25. The van der Waals surface area contributed by atoms with Gasteiger partial charge in [0, 0.05) is 26.5 Å². The topological polar surface area (TPSA) is 66.4 Å². The molecule has 1 heterocycles. The number of nitrogens with one attached hydrogen (secondary N) is 1. The zero-order valence-corrected chi connectivity index (χ0v) is 10.0. The van der Waals surface area contributed by atoms with E-state index in [4.69, 9.17) is 5.11 Å². The van der Waals surface area contributed by atoms with E-state index >= 15 is 0 Å². The van der Waals surface area contributed by atoms with Crippen molar-refractivity contribution in [3.05, 3.63) is 39.9 Å². The summed E-state index contributed by atoms with van der Waals surface area (Å²) in [5.41, 5.74) is 1.36. The van der Waals surface area contributed by atoms with Crippen molar-refractivity contribution in [3.63, 3.8) is 0 Å². The number of halogens is 1. The Kier molecular flexibility index (Phi) is 2.00. The Morgan fingerprint density at radius 3 is 2.65 bits per heavy atom. The number of carboxylic acid groups (broad SMARTS) is 1. The van der Waals surface area contributed by atoms with Crippen molar-refractivity contribution in [2.24, 2.45) is 0 Å². The molecular weight excluding hydrogens is 286 g/mol. The Balaban J connectivity index is 2.56. The number of hydrogen-bond donors (Lipinski definition) is 2. The maximum Gasteiger partial charge on any atom is 0.336 e. The first-order chi connectivity index (χ1) is 8.09. The number of aromatic carboxylic acids is 1. The number of anilines is 1. The monoisotopic (exact) mass is 291 g/mol. The van der Waals surface area contributed by atoms with Crippen LogP contribution in [0.3, 0.4) is 0 Å². The van der Waals surface area contributed by atoms with Crippen molar-refractivity contribution >= 4 is 44.3 Å². The Bertz CT molecular complexity index is 694. The van der Waals surface area contributed by atoms with E-state index in [9.17, 15) is 9.59 Å². The fourth-order valence-electron chi connectivity index (χ4n) is 2.11. The lowest BCUT2D eigenvalue weighted by molar-refractivity contribution is 0.0699. The highest BCUT2D eigenvalue weighted by atomic mass is 79.9. The van der Waals surface area contributed by atoms with Crippen molar-refractivity contribution in [1.82, 2.24) is 0 Å². The van der Waals surface area contributed by atoms with E-state index in [1.165, 1.54) is 6.07 Å². The van der Waals surface area contributed by atoms with Gasteiger partial charge in [-0.2, -0.15) is 0 Å². The number of rotatable bonds is 1. The number of amides is 1. The SMILES string of the molecule is O=C(O)c1ccc2c3c(ccc(Br)c13)C(=O)N2. The van der Waals surface area contributed by atoms with Crippen LogP contribution >= 0.6 is 15.9 Å². The van der Waals surface area contributed by atoms with Crippen molar-refractivity contribution in [1.29, 1.82) is 0 Å². The van der Waals surface area contributed by atoms with Crippen molar-refractivity contribution < 1.29 is 14.7 Å². The highest BCUT2D eigenvalue weighted by molar-refractivity contribution is 9.10. The zero-order chi connectivity index (χ0) is 12.2. The van der Waals surface area contributed by atoms with Gasteiger partial charge in [0.1, 0.15) is 0 Å². The molecule has 0 radical (unpaired) electrons. The van der Waals surface area contributed by atoms with Gasteiger partial charge in [0.2, 0.25) is 0 Å². The van der Waals surface area contributed by atoms with Gasteiger partial charge in [-0.25, -0.2) is 4.79 Å². The minimum atomic E-state index is -1.01. The molecule has 1 aliphatic heterocycles. The highest BCUT2D eigenvalue weighted by Crippen LogP contribution is 2.38. The summed E-state index contributed by atoms with van der Waals surface area (Å²) in [6, 6.07) is 6.50. The molecule has 0 saturated heterocycles. The summed E-state index contributed by atoms with van der Waals surface area (Å²) in [6.07, 6.45) is 0. The molecule has 2 N–H and O–H groups in total. The third-order valence-corrected chi connectivity index (χ3v) is 3.49. The quantitative estimate of drug-likeness (QED) is 0.849. The molecular formula is C12H6BrNO3. The lowest BCUT2D eigenvalue weighted by Crippen LogP contribution is -2.03. The molecule has 0 atom stereocenters. The maximum atomic E-state index is 11.7. The van der Waals surface area contributed by atoms with E-state index in [1.54, 1.807) is 18.2 Å². The molecule has 0 spiro atoms. The van der Waals surface area contributed by atoms with Gasteiger partial charge in [-0.15, -0.1) is 0 Å². The molecule has 3 rings (SSSR count). The maximum absolute atomic E-state index is 11.7. The molecule has 0 bridgehead atoms. The largest absolute Gasteiger partial charge is 0.478 e. The summed E-state index contributed by atoms with van der Waals surface area (Å²) in [5.74, 6) is -1.20. The van der Waals surface area contributed by atoms with Gasteiger partial charge in [0.05, 0.1) is 5.56 Å². The summed E-state index contributed by atoms with van der Waals surface area (Å²) in [4.78, 5) is 22.8. The van der Waals surface area contributed by atoms with Crippen LogP contribution in [0.4, 0.5) is 5.69 Å². The molecule has 0 fully saturated rings. The van der Waals surface area contributed by atoms with E-state index in [1.807, 2.05) is 0 Å². The molecule has 2 aromatic carbocycles. The molecule has 1 aliphatic rings.